The molecule has 0 aliphatic carbocycles. The summed E-state index contributed by atoms with van der Waals surface area (Å²) in [5.74, 6) is 0.762. The number of nitrogens with one attached hydrogen (secondary N) is 1. The molecule has 0 aromatic heterocycles. The number of hydrogen-bond acceptors (Lipinski definition) is 5. The molecule has 0 atom stereocenters. The lowest BCUT2D eigenvalue weighted by Crippen LogP contribution is -2.38. The summed E-state index contributed by atoms with van der Waals surface area (Å²) < 4.78 is 38.5. The molecule has 0 bridgehead atoms. The first kappa shape index (κ1) is 23.1. The number of nitrogens with zero attached hydrogens (tertiary/aromatic N) is 1. The molecule has 0 saturated carbocycles. The van der Waals surface area contributed by atoms with E-state index in [1.54, 1.807) is 67.8 Å². The third-order valence-electron chi connectivity index (χ3n) is 4.71. The van der Waals surface area contributed by atoms with Crippen LogP contribution in [0.4, 0.5) is 11.4 Å². The topological polar surface area (TPSA) is 84.9 Å². The largest absolute Gasteiger partial charge is 0.497 e. The van der Waals surface area contributed by atoms with Crippen molar-refractivity contribution in [3.8, 4) is 11.5 Å². The van der Waals surface area contributed by atoms with Crippen LogP contribution in [-0.2, 0) is 14.8 Å². The zero-order chi connectivity index (χ0) is 23.1. The lowest BCUT2D eigenvalue weighted by molar-refractivity contribution is -0.114. The highest BCUT2D eigenvalue weighted by Gasteiger charge is 2.27. The van der Waals surface area contributed by atoms with Crippen molar-refractivity contribution < 1.29 is 22.7 Å². The molecular weight excluding hydrogens is 428 g/mol. The second-order valence-electron chi connectivity index (χ2n) is 7.03. The van der Waals surface area contributed by atoms with Gasteiger partial charge in [0.25, 0.3) is 10.0 Å². The molecule has 7 nitrogen and oxygen atoms in total. The van der Waals surface area contributed by atoms with Crippen LogP contribution in [0.15, 0.2) is 77.7 Å². The number of benzene rings is 3. The van der Waals surface area contributed by atoms with Crippen molar-refractivity contribution in [1.29, 1.82) is 0 Å². The Hall–Kier alpha value is -3.52. The van der Waals surface area contributed by atoms with Crippen LogP contribution in [0.1, 0.15) is 12.5 Å². The molecule has 0 aliphatic heterocycles. The molecule has 32 heavy (non-hydrogen) atoms. The third kappa shape index (κ3) is 5.59. The van der Waals surface area contributed by atoms with Crippen molar-refractivity contribution >= 4 is 27.3 Å². The smallest absolute Gasteiger partial charge is 0.264 e. The maximum atomic E-state index is 13.4. The number of methoxy groups -OCH3 is 1. The van der Waals surface area contributed by atoms with Crippen LogP contribution in [0.2, 0.25) is 0 Å². The van der Waals surface area contributed by atoms with Gasteiger partial charge in [-0.05, 0) is 74.5 Å². The van der Waals surface area contributed by atoms with E-state index < -0.39 is 15.9 Å². The minimum atomic E-state index is -4.00. The van der Waals surface area contributed by atoms with Gasteiger partial charge in [0.05, 0.1) is 24.3 Å². The summed E-state index contributed by atoms with van der Waals surface area (Å²) in [5.41, 5.74) is 1.92. The molecule has 8 heteroatoms. The third-order valence-corrected chi connectivity index (χ3v) is 6.49. The Morgan fingerprint density at radius 2 is 1.50 bits per heavy atom. The predicted octanol–water partition coefficient (Wildman–Crippen LogP) is 4.24. The minimum Gasteiger partial charge on any atom is -0.497 e. The molecule has 168 valence electrons. The molecule has 1 N–H and O–H groups in total. The quantitative estimate of drug-likeness (QED) is 0.523. The minimum absolute atomic E-state index is 0.0683. The van der Waals surface area contributed by atoms with E-state index in [0.717, 1.165) is 9.87 Å². The van der Waals surface area contributed by atoms with Gasteiger partial charge in [-0.15, -0.1) is 0 Å². The SMILES string of the molecule is CCOc1ccc(S(=O)(=O)N(CC(=O)Nc2ccc(OC)cc2)c2ccc(C)cc2)cc1. The molecule has 1 amide bonds. The highest BCUT2D eigenvalue weighted by molar-refractivity contribution is 7.92. The van der Waals surface area contributed by atoms with Gasteiger partial charge in [0, 0.05) is 5.69 Å². The van der Waals surface area contributed by atoms with Crippen molar-refractivity contribution in [2.24, 2.45) is 0 Å². The van der Waals surface area contributed by atoms with Gasteiger partial charge in [-0.2, -0.15) is 0 Å². The van der Waals surface area contributed by atoms with E-state index in [4.69, 9.17) is 9.47 Å². The summed E-state index contributed by atoms with van der Waals surface area (Å²) in [6.07, 6.45) is 0. The fourth-order valence-electron chi connectivity index (χ4n) is 3.03. The Morgan fingerprint density at radius 1 is 0.906 bits per heavy atom. The number of rotatable bonds is 9. The Balaban J connectivity index is 1.88. The number of aryl methyl sites for hydroxylation is 1. The average Bonchev–Trinajstić information content (AvgIpc) is 2.79. The Kier molecular flexibility index (Phi) is 7.37. The fraction of sp³-hybridized carbons (Fsp3) is 0.208. The monoisotopic (exact) mass is 454 g/mol. The fourth-order valence-corrected chi connectivity index (χ4v) is 4.45. The van der Waals surface area contributed by atoms with Gasteiger partial charge in [0.1, 0.15) is 18.0 Å². The normalized spacial score (nSPS) is 11.0. The molecule has 3 rings (SSSR count). The van der Waals surface area contributed by atoms with E-state index in [9.17, 15) is 13.2 Å². The van der Waals surface area contributed by atoms with Crippen LogP contribution >= 0.6 is 0 Å². The molecule has 0 fully saturated rings. The van der Waals surface area contributed by atoms with E-state index in [1.165, 1.54) is 12.1 Å². The molecular formula is C24H26N2O5S. The first-order chi connectivity index (χ1) is 15.3. The standard InChI is InChI=1S/C24H26N2O5S/c1-4-31-22-13-15-23(16-14-22)32(28,29)26(20-9-5-18(2)6-10-20)17-24(27)25-19-7-11-21(30-3)12-8-19/h5-16H,4,17H2,1-3H3,(H,25,27). The maximum Gasteiger partial charge on any atom is 0.264 e. The van der Waals surface area contributed by atoms with E-state index in [-0.39, 0.29) is 11.4 Å². The summed E-state index contributed by atoms with van der Waals surface area (Å²) in [7, 11) is -2.45. The van der Waals surface area contributed by atoms with Crippen molar-refractivity contribution in [1.82, 2.24) is 0 Å². The first-order valence-electron chi connectivity index (χ1n) is 10.1. The molecule has 0 radical (unpaired) electrons. The van der Waals surface area contributed by atoms with E-state index >= 15 is 0 Å². The van der Waals surface area contributed by atoms with Crippen molar-refractivity contribution in [3.05, 3.63) is 78.4 Å². The van der Waals surface area contributed by atoms with Crippen molar-refractivity contribution in [3.63, 3.8) is 0 Å². The summed E-state index contributed by atoms with van der Waals surface area (Å²) in [4.78, 5) is 12.8. The number of ether oxygens (including phenoxy) is 2. The second kappa shape index (κ2) is 10.2. The van der Waals surface area contributed by atoms with Crippen LogP contribution in [0.3, 0.4) is 0 Å². The van der Waals surface area contributed by atoms with Crippen LogP contribution in [0.25, 0.3) is 0 Å². The van der Waals surface area contributed by atoms with E-state index in [1.807, 2.05) is 13.8 Å². The summed E-state index contributed by atoms with van der Waals surface area (Å²) in [6.45, 7) is 3.86. The molecule has 3 aromatic rings. The molecule has 0 saturated heterocycles. The van der Waals surface area contributed by atoms with Gasteiger partial charge in [-0.3, -0.25) is 9.10 Å². The maximum absolute atomic E-state index is 13.4. The lowest BCUT2D eigenvalue weighted by Gasteiger charge is -2.24. The Labute approximate surface area is 188 Å². The molecule has 0 spiro atoms. The van der Waals surface area contributed by atoms with Gasteiger partial charge in [-0.25, -0.2) is 8.42 Å². The number of amides is 1. The molecule has 3 aromatic carbocycles. The Bertz CT molecular complexity index is 1140. The van der Waals surface area contributed by atoms with Crippen LogP contribution in [0, 0.1) is 6.92 Å². The number of hydrogen-bond donors (Lipinski definition) is 1. The van der Waals surface area contributed by atoms with Crippen LogP contribution in [-0.4, -0.2) is 34.6 Å². The number of anilines is 2. The van der Waals surface area contributed by atoms with Gasteiger partial charge in [0.15, 0.2) is 0 Å². The Morgan fingerprint density at radius 3 is 2.06 bits per heavy atom. The number of sulfonamides is 1. The summed E-state index contributed by atoms with van der Waals surface area (Å²) in [5, 5.41) is 2.73. The van der Waals surface area contributed by atoms with Gasteiger partial charge >= 0.3 is 0 Å². The molecule has 0 aliphatic rings. The zero-order valence-electron chi connectivity index (χ0n) is 18.2. The second-order valence-corrected chi connectivity index (χ2v) is 8.89. The van der Waals surface area contributed by atoms with E-state index in [0.29, 0.717) is 29.5 Å². The predicted molar refractivity (Wildman–Crippen MR) is 125 cm³/mol. The van der Waals surface area contributed by atoms with Crippen molar-refractivity contribution in [2.45, 2.75) is 18.7 Å². The van der Waals surface area contributed by atoms with Crippen molar-refractivity contribution in [2.75, 3.05) is 29.9 Å². The highest BCUT2D eigenvalue weighted by atomic mass is 32.2. The van der Waals surface area contributed by atoms with E-state index in [2.05, 4.69) is 5.32 Å². The van der Waals surface area contributed by atoms with Crippen LogP contribution in [0.5, 0.6) is 11.5 Å². The number of carbonyl (C=O) groups excluding carboxylic acids is 1. The summed E-state index contributed by atoms with van der Waals surface area (Å²) >= 11 is 0. The number of carbonyl (C=O) groups is 1. The average molecular weight is 455 g/mol. The summed E-state index contributed by atoms with van der Waals surface area (Å²) in [6, 6.07) is 19.9. The van der Waals surface area contributed by atoms with Gasteiger partial charge in [0.2, 0.25) is 5.91 Å². The van der Waals surface area contributed by atoms with Gasteiger partial charge < -0.3 is 14.8 Å². The zero-order valence-corrected chi connectivity index (χ0v) is 19.1. The lowest BCUT2D eigenvalue weighted by atomic mass is 10.2. The highest BCUT2D eigenvalue weighted by Crippen LogP contribution is 2.26. The molecule has 0 unspecified atom stereocenters. The van der Waals surface area contributed by atoms with Gasteiger partial charge in [-0.1, -0.05) is 17.7 Å². The van der Waals surface area contributed by atoms with Crippen LogP contribution < -0.4 is 19.1 Å². The molecule has 0 heterocycles. The first-order valence-corrected chi connectivity index (χ1v) is 11.5.